The van der Waals surface area contributed by atoms with Crippen LogP contribution in [0.5, 0.6) is 0 Å². The molecular weight excluding hydrogens is 434 g/mol. The van der Waals surface area contributed by atoms with Crippen molar-refractivity contribution in [2.75, 3.05) is 18.5 Å². The quantitative estimate of drug-likeness (QED) is 0.309. The van der Waals surface area contributed by atoms with Gasteiger partial charge >= 0.3 is 0 Å². The summed E-state index contributed by atoms with van der Waals surface area (Å²) >= 11 is 6.70. The normalized spacial score (nSPS) is 13.6. The van der Waals surface area contributed by atoms with E-state index in [4.69, 9.17) is 21.6 Å². The molecule has 0 atom stereocenters. The Labute approximate surface area is 198 Å². The molecule has 0 radical (unpaired) electrons. The Kier molecular flexibility index (Phi) is 5.72. The molecule has 2 aromatic carbocycles. The number of nitrogens with zero attached hydrogens (tertiary/aromatic N) is 3. The third kappa shape index (κ3) is 4.16. The number of aliphatic hydroxyl groups excluding tert-OH is 1. The van der Waals surface area contributed by atoms with Crippen molar-refractivity contribution in [2.24, 2.45) is 0 Å². The minimum Gasteiger partial charge on any atom is -0.396 e. The van der Waals surface area contributed by atoms with Gasteiger partial charge < -0.3 is 15.7 Å². The first-order valence-electron chi connectivity index (χ1n) is 11.3. The number of fused-ring (bicyclic) bond motifs is 3. The molecular formula is C26H28ClN5O. The first kappa shape index (κ1) is 21.7. The van der Waals surface area contributed by atoms with Crippen LogP contribution in [0.3, 0.4) is 0 Å². The average molecular weight is 462 g/mol. The molecule has 170 valence electrons. The molecule has 6 nitrogen and oxygen atoms in total. The fraction of sp³-hybridized carbons (Fsp3) is 0.308. The van der Waals surface area contributed by atoms with Gasteiger partial charge in [-0.1, -0.05) is 30.3 Å². The number of halogens is 1. The number of hydrogen-bond donors (Lipinski definition) is 3. The SMILES string of the molecule is C=C(NC1CC1)c1ccc(-c2cnc3c(NCCCO)nc4cc(C)c(C)cc4n23)cc1Cl. The summed E-state index contributed by atoms with van der Waals surface area (Å²) in [6, 6.07) is 10.9. The lowest BCUT2D eigenvalue weighted by atomic mass is 10.1. The van der Waals surface area contributed by atoms with Gasteiger partial charge in [-0.15, -0.1) is 0 Å². The molecule has 1 aliphatic rings. The van der Waals surface area contributed by atoms with Crippen LogP contribution in [0, 0.1) is 13.8 Å². The fourth-order valence-electron chi connectivity index (χ4n) is 4.07. The second-order valence-electron chi connectivity index (χ2n) is 8.78. The van der Waals surface area contributed by atoms with E-state index in [0.29, 0.717) is 29.8 Å². The van der Waals surface area contributed by atoms with E-state index < -0.39 is 0 Å². The molecule has 7 heteroatoms. The average Bonchev–Trinajstić information content (AvgIpc) is 3.49. The van der Waals surface area contributed by atoms with Crippen molar-refractivity contribution in [1.82, 2.24) is 19.7 Å². The van der Waals surface area contributed by atoms with Crippen LogP contribution >= 0.6 is 11.6 Å². The van der Waals surface area contributed by atoms with E-state index in [-0.39, 0.29) is 6.61 Å². The van der Waals surface area contributed by atoms with Crippen molar-refractivity contribution in [3.05, 3.63) is 64.8 Å². The van der Waals surface area contributed by atoms with Crippen LogP contribution < -0.4 is 10.6 Å². The highest BCUT2D eigenvalue weighted by molar-refractivity contribution is 6.32. The molecule has 1 saturated carbocycles. The van der Waals surface area contributed by atoms with E-state index in [0.717, 1.165) is 39.2 Å². The van der Waals surface area contributed by atoms with Crippen LogP contribution in [0.2, 0.25) is 5.02 Å². The molecule has 1 aliphatic carbocycles. The molecule has 0 saturated heterocycles. The van der Waals surface area contributed by atoms with E-state index in [1.54, 1.807) is 0 Å². The molecule has 0 aliphatic heterocycles. The molecule has 0 spiro atoms. The fourth-order valence-corrected chi connectivity index (χ4v) is 4.36. The monoisotopic (exact) mass is 461 g/mol. The van der Waals surface area contributed by atoms with Gasteiger partial charge in [0.1, 0.15) is 0 Å². The maximum absolute atomic E-state index is 9.18. The zero-order chi connectivity index (χ0) is 23.1. The summed E-state index contributed by atoms with van der Waals surface area (Å²) in [6.45, 7) is 9.11. The summed E-state index contributed by atoms with van der Waals surface area (Å²) in [4.78, 5) is 9.56. The Bertz CT molecular complexity index is 1370. The van der Waals surface area contributed by atoms with Gasteiger partial charge in [-0.3, -0.25) is 4.40 Å². The van der Waals surface area contributed by atoms with E-state index in [1.165, 1.54) is 24.0 Å². The zero-order valence-electron chi connectivity index (χ0n) is 19.0. The van der Waals surface area contributed by atoms with Crippen molar-refractivity contribution in [3.63, 3.8) is 0 Å². The van der Waals surface area contributed by atoms with E-state index in [2.05, 4.69) is 53.7 Å². The molecule has 4 aromatic rings. The van der Waals surface area contributed by atoms with Gasteiger partial charge in [0.15, 0.2) is 11.5 Å². The number of rotatable bonds is 8. The maximum atomic E-state index is 9.18. The highest BCUT2D eigenvalue weighted by Crippen LogP contribution is 2.33. The Morgan fingerprint density at radius 3 is 2.73 bits per heavy atom. The van der Waals surface area contributed by atoms with Crippen LogP contribution in [-0.2, 0) is 0 Å². The van der Waals surface area contributed by atoms with Gasteiger partial charge in [0.2, 0.25) is 0 Å². The second-order valence-corrected chi connectivity index (χ2v) is 9.19. The van der Waals surface area contributed by atoms with Crippen LogP contribution in [-0.4, -0.2) is 38.7 Å². The van der Waals surface area contributed by atoms with E-state index >= 15 is 0 Å². The van der Waals surface area contributed by atoms with E-state index in [9.17, 15) is 5.11 Å². The molecule has 0 unspecified atom stereocenters. The Morgan fingerprint density at radius 2 is 2.00 bits per heavy atom. The molecule has 0 amide bonds. The van der Waals surface area contributed by atoms with Gasteiger partial charge in [-0.25, -0.2) is 9.97 Å². The Morgan fingerprint density at radius 1 is 1.21 bits per heavy atom. The number of nitrogens with one attached hydrogen (secondary N) is 2. The summed E-state index contributed by atoms with van der Waals surface area (Å²) in [7, 11) is 0. The first-order valence-corrected chi connectivity index (χ1v) is 11.7. The lowest BCUT2D eigenvalue weighted by Crippen LogP contribution is -2.13. The Hall–Kier alpha value is -3.09. The van der Waals surface area contributed by atoms with Crippen molar-refractivity contribution in [3.8, 4) is 11.3 Å². The zero-order valence-corrected chi connectivity index (χ0v) is 19.7. The largest absolute Gasteiger partial charge is 0.396 e. The standard InChI is InChI=1S/C26H28ClN5O/c1-15-11-22-23(12-16(15)2)32-24(14-29-26(32)25(31-22)28-9-4-10-33)18-5-8-20(21(27)13-18)17(3)30-19-6-7-19/h5,8,11-14,19,30,33H,3-4,6-7,9-10H2,1-2H3,(H,28,31). The highest BCUT2D eigenvalue weighted by Gasteiger charge is 2.22. The van der Waals surface area contributed by atoms with Crippen LogP contribution in [0.25, 0.3) is 33.6 Å². The van der Waals surface area contributed by atoms with Crippen molar-refractivity contribution < 1.29 is 5.11 Å². The molecule has 3 N–H and O–H groups in total. The van der Waals surface area contributed by atoms with Crippen molar-refractivity contribution in [2.45, 2.75) is 39.2 Å². The summed E-state index contributed by atoms with van der Waals surface area (Å²) in [5.41, 5.74) is 8.72. The predicted octanol–water partition coefficient (Wildman–Crippen LogP) is 5.34. The molecule has 0 bridgehead atoms. The van der Waals surface area contributed by atoms with Crippen LogP contribution in [0.4, 0.5) is 5.82 Å². The highest BCUT2D eigenvalue weighted by atomic mass is 35.5. The number of aromatic nitrogens is 3. The van der Waals surface area contributed by atoms with Crippen LogP contribution in [0.1, 0.15) is 36.0 Å². The number of imidazole rings is 1. The van der Waals surface area contributed by atoms with Gasteiger partial charge in [0, 0.05) is 36.0 Å². The molecule has 1 fully saturated rings. The third-order valence-corrected chi connectivity index (χ3v) is 6.52. The van der Waals surface area contributed by atoms with Gasteiger partial charge in [-0.2, -0.15) is 0 Å². The van der Waals surface area contributed by atoms with Gasteiger partial charge in [0.05, 0.1) is 27.9 Å². The third-order valence-electron chi connectivity index (χ3n) is 6.21. The smallest absolute Gasteiger partial charge is 0.181 e. The molecule has 5 rings (SSSR count). The van der Waals surface area contributed by atoms with Crippen molar-refractivity contribution >= 4 is 39.8 Å². The summed E-state index contributed by atoms with van der Waals surface area (Å²) in [6.07, 6.45) is 4.88. The molecule has 2 aromatic heterocycles. The maximum Gasteiger partial charge on any atom is 0.181 e. The van der Waals surface area contributed by atoms with Crippen molar-refractivity contribution in [1.29, 1.82) is 0 Å². The lowest BCUT2D eigenvalue weighted by molar-refractivity contribution is 0.292. The molecule has 33 heavy (non-hydrogen) atoms. The first-order chi connectivity index (χ1) is 16.0. The predicted molar refractivity (Wildman–Crippen MR) is 136 cm³/mol. The number of anilines is 1. The topological polar surface area (TPSA) is 74.5 Å². The summed E-state index contributed by atoms with van der Waals surface area (Å²) in [5.74, 6) is 0.704. The number of aryl methyl sites for hydroxylation is 2. The molecule has 2 heterocycles. The van der Waals surface area contributed by atoms with Gasteiger partial charge in [-0.05, 0) is 62.4 Å². The van der Waals surface area contributed by atoms with Crippen LogP contribution in [0.15, 0.2) is 43.1 Å². The minimum absolute atomic E-state index is 0.126. The second kappa shape index (κ2) is 8.69. The number of benzene rings is 2. The minimum atomic E-state index is 0.126. The summed E-state index contributed by atoms with van der Waals surface area (Å²) < 4.78 is 2.14. The summed E-state index contributed by atoms with van der Waals surface area (Å²) in [5, 5.41) is 16.6. The number of hydrogen-bond acceptors (Lipinski definition) is 5. The lowest BCUT2D eigenvalue weighted by Gasteiger charge is -2.14. The Balaban J connectivity index is 1.64. The van der Waals surface area contributed by atoms with Gasteiger partial charge in [0.25, 0.3) is 0 Å². The number of aliphatic hydroxyl groups is 1. The van der Waals surface area contributed by atoms with E-state index in [1.807, 2.05) is 18.3 Å².